The summed E-state index contributed by atoms with van der Waals surface area (Å²) in [6.45, 7) is 0. The summed E-state index contributed by atoms with van der Waals surface area (Å²) < 4.78 is 9.83. The van der Waals surface area contributed by atoms with Gasteiger partial charge in [0.1, 0.15) is 0 Å². The maximum atomic E-state index is 11.6. The van der Waals surface area contributed by atoms with E-state index in [9.17, 15) is 4.79 Å². The molecule has 0 atom stereocenters. The smallest absolute Gasteiger partial charge is 0.339 e. The molecule has 0 unspecified atom stereocenters. The number of rotatable bonds is 3. The van der Waals surface area contributed by atoms with Crippen LogP contribution < -0.4 is 4.74 Å². The maximum Gasteiger partial charge on any atom is 0.339 e. The molecule has 2 rings (SSSR count). The number of nitrogens with zero attached hydrogens (tertiary/aromatic N) is 1. The molecule has 4 nitrogen and oxygen atoms in total. The number of esters is 1. The Hall–Kier alpha value is -1.58. The first-order valence-corrected chi connectivity index (χ1v) is 5.39. The number of carbonyl (C=O) groups excluding carboxylic acids is 1. The van der Waals surface area contributed by atoms with Gasteiger partial charge in [0.2, 0.25) is 5.88 Å². The number of hydrogen-bond donors (Lipinski definition) is 0. The second-order valence-corrected chi connectivity index (χ2v) is 3.91. The van der Waals surface area contributed by atoms with Crippen LogP contribution >= 0.6 is 0 Å². The fraction of sp³-hybridized carbons (Fsp3) is 0.500. The van der Waals surface area contributed by atoms with Gasteiger partial charge in [0, 0.05) is 12.0 Å². The van der Waals surface area contributed by atoms with Crippen molar-refractivity contribution in [3.63, 3.8) is 0 Å². The lowest BCUT2D eigenvalue weighted by Crippen LogP contribution is -2.16. The largest absolute Gasteiger partial charge is 0.481 e. The molecule has 1 aromatic rings. The van der Waals surface area contributed by atoms with Crippen molar-refractivity contribution in [2.45, 2.75) is 25.2 Å². The number of pyridine rings is 1. The Morgan fingerprint density at radius 3 is 2.62 bits per heavy atom. The molecule has 0 N–H and O–H groups in total. The van der Waals surface area contributed by atoms with Crippen molar-refractivity contribution >= 4 is 5.97 Å². The molecule has 1 heterocycles. The zero-order valence-corrected chi connectivity index (χ0v) is 9.53. The molecule has 1 saturated carbocycles. The lowest BCUT2D eigenvalue weighted by Gasteiger charge is -2.26. The van der Waals surface area contributed by atoms with Gasteiger partial charge < -0.3 is 9.47 Å². The van der Waals surface area contributed by atoms with E-state index in [1.54, 1.807) is 19.2 Å². The summed E-state index contributed by atoms with van der Waals surface area (Å²) in [7, 11) is 2.96. The van der Waals surface area contributed by atoms with Crippen LogP contribution in [0.2, 0.25) is 0 Å². The Morgan fingerprint density at radius 1 is 1.38 bits per heavy atom. The lowest BCUT2D eigenvalue weighted by atomic mass is 9.81. The number of methoxy groups -OCH3 is 2. The van der Waals surface area contributed by atoms with E-state index in [-0.39, 0.29) is 5.97 Å². The van der Waals surface area contributed by atoms with Crippen LogP contribution in [0.4, 0.5) is 0 Å². The Kier molecular flexibility index (Phi) is 3.08. The molecule has 1 fully saturated rings. The van der Waals surface area contributed by atoms with E-state index in [1.165, 1.54) is 13.5 Å². The van der Waals surface area contributed by atoms with E-state index in [0.29, 0.717) is 17.4 Å². The molecule has 4 heteroatoms. The van der Waals surface area contributed by atoms with Gasteiger partial charge in [-0.2, -0.15) is 0 Å². The fourth-order valence-electron chi connectivity index (χ4n) is 1.85. The molecular formula is C12H15NO3. The summed E-state index contributed by atoms with van der Waals surface area (Å²) in [5.41, 5.74) is 1.38. The molecule has 86 valence electrons. The van der Waals surface area contributed by atoms with E-state index < -0.39 is 0 Å². The Morgan fingerprint density at radius 2 is 2.12 bits per heavy atom. The standard InChI is InChI=1S/C12H15NO3/c1-15-10-7-6-9(12(14)16-2)11(13-10)8-4-3-5-8/h6-8H,3-5H2,1-2H3. The van der Waals surface area contributed by atoms with E-state index in [2.05, 4.69) is 4.98 Å². The summed E-state index contributed by atoms with van der Waals surface area (Å²) in [6, 6.07) is 3.42. The molecule has 0 amide bonds. The van der Waals surface area contributed by atoms with Gasteiger partial charge in [-0.05, 0) is 18.9 Å². The molecule has 1 aromatic heterocycles. The third-order valence-electron chi connectivity index (χ3n) is 3.01. The minimum Gasteiger partial charge on any atom is -0.481 e. The van der Waals surface area contributed by atoms with Crippen molar-refractivity contribution in [1.29, 1.82) is 0 Å². The van der Waals surface area contributed by atoms with Crippen molar-refractivity contribution in [2.24, 2.45) is 0 Å². The summed E-state index contributed by atoms with van der Waals surface area (Å²) >= 11 is 0. The molecule has 0 saturated heterocycles. The first-order chi connectivity index (χ1) is 7.76. The maximum absolute atomic E-state index is 11.6. The highest BCUT2D eigenvalue weighted by Gasteiger charge is 2.26. The summed E-state index contributed by atoms with van der Waals surface area (Å²) in [5.74, 6) is 0.607. The van der Waals surface area contributed by atoms with Crippen LogP contribution in [0.1, 0.15) is 41.2 Å². The normalized spacial score (nSPS) is 15.4. The average Bonchev–Trinajstić information content (AvgIpc) is 2.25. The highest BCUT2D eigenvalue weighted by Crippen LogP contribution is 2.37. The quantitative estimate of drug-likeness (QED) is 0.734. The van der Waals surface area contributed by atoms with Gasteiger partial charge in [-0.15, -0.1) is 0 Å². The molecule has 1 aliphatic rings. The minimum absolute atomic E-state index is 0.322. The molecule has 0 bridgehead atoms. The van der Waals surface area contributed by atoms with Crippen LogP contribution in [0.3, 0.4) is 0 Å². The molecular weight excluding hydrogens is 206 g/mol. The van der Waals surface area contributed by atoms with Gasteiger partial charge in [-0.1, -0.05) is 6.42 Å². The number of carbonyl (C=O) groups is 1. The molecule has 16 heavy (non-hydrogen) atoms. The number of ether oxygens (including phenoxy) is 2. The topological polar surface area (TPSA) is 48.4 Å². The minimum atomic E-state index is -0.322. The monoisotopic (exact) mass is 221 g/mol. The highest BCUT2D eigenvalue weighted by atomic mass is 16.5. The molecule has 0 spiro atoms. The van der Waals surface area contributed by atoms with Crippen LogP contribution in [0, 0.1) is 0 Å². The van der Waals surface area contributed by atoms with Crippen molar-refractivity contribution in [3.05, 3.63) is 23.4 Å². The Bertz CT molecular complexity index is 399. The van der Waals surface area contributed by atoms with E-state index in [4.69, 9.17) is 9.47 Å². The third kappa shape index (κ3) is 1.87. The Labute approximate surface area is 94.6 Å². The first kappa shape index (κ1) is 10.9. The van der Waals surface area contributed by atoms with Crippen molar-refractivity contribution < 1.29 is 14.3 Å². The summed E-state index contributed by atoms with van der Waals surface area (Å²) in [5, 5.41) is 0. The fourth-order valence-corrected chi connectivity index (χ4v) is 1.85. The van der Waals surface area contributed by atoms with Gasteiger partial charge in [-0.25, -0.2) is 9.78 Å². The predicted octanol–water partition coefficient (Wildman–Crippen LogP) is 2.14. The summed E-state index contributed by atoms with van der Waals surface area (Å²) in [6.07, 6.45) is 3.37. The van der Waals surface area contributed by atoms with Crippen molar-refractivity contribution in [3.8, 4) is 5.88 Å². The van der Waals surface area contributed by atoms with Gasteiger partial charge in [0.25, 0.3) is 0 Å². The van der Waals surface area contributed by atoms with Gasteiger partial charge in [0.15, 0.2) is 0 Å². The SMILES string of the molecule is COC(=O)c1ccc(OC)nc1C1CCC1. The Balaban J connectivity index is 2.38. The van der Waals surface area contributed by atoms with E-state index in [1.807, 2.05) is 0 Å². The van der Waals surface area contributed by atoms with Gasteiger partial charge in [0.05, 0.1) is 25.5 Å². The zero-order chi connectivity index (χ0) is 11.5. The van der Waals surface area contributed by atoms with Gasteiger partial charge >= 0.3 is 5.97 Å². The van der Waals surface area contributed by atoms with Crippen LogP contribution in [-0.2, 0) is 4.74 Å². The van der Waals surface area contributed by atoms with E-state index in [0.717, 1.165) is 18.5 Å². The highest BCUT2D eigenvalue weighted by molar-refractivity contribution is 5.90. The zero-order valence-electron chi connectivity index (χ0n) is 9.53. The van der Waals surface area contributed by atoms with Crippen LogP contribution in [0.25, 0.3) is 0 Å². The van der Waals surface area contributed by atoms with Crippen molar-refractivity contribution in [2.75, 3.05) is 14.2 Å². The van der Waals surface area contributed by atoms with Crippen molar-refractivity contribution in [1.82, 2.24) is 4.98 Å². The second-order valence-electron chi connectivity index (χ2n) is 3.91. The summed E-state index contributed by atoms with van der Waals surface area (Å²) in [4.78, 5) is 15.9. The van der Waals surface area contributed by atoms with Crippen LogP contribution in [0.15, 0.2) is 12.1 Å². The number of hydrogen-bond acceptors (Lipinski definition) is 4. The van der Waals surface area contributed by atoms with Crippen LogP contribution in [-0.4, -0.2) is 25.2 Å². The first-order valence-electron chi connectivity index (χ1n) is 5.39. The molecule has 0 aliphatic heterocycles. The predicted molar refractivity (Wildman–Crippen MR) is 58.7 cm³/mol. The van der Waals surface area contributed by atoms with Crippen LogP contribution in [0.5, 0.6) is 5.88 Å². The third-order valence-corrected chi connectivity index (χ3v) is 3.01. The molecule has 1 aliphatic carbocycles. The van der Waals surface area contributed by atoms with E-state index >= 15 is 0 Å². The molecule has 0 radical (unpaired) electrons. The second kappa shape index (κ2) is 4.51. The van der Waals surface area contributed by atoms with Gasteiger partial charge in [-0.3, -0.25) is 0 Å². The number of aromatic nitrogens is 1. The lowest BCUT2D eigenvalue weighted by molar-refractivity contribution is 0.0597. The molecule has 0 aromatic carbocycles. The average molecular weight is 221 g/mol.